The summed E-state index contributed by atoms with van der Waals surface area (Å²) in [6, 6.07) is 10.2. The van der Waals surface area contributed by atoms with E-state index in [1.807, 2.05) is 18.2 Å². The molecule has 0 amide bonds. The topological polar surface area (TPSA) is 25.8 Å². The van der Waals surface area contributed by atoms with E-state index in [0.717, 1.165) is 5.69 Å². The summed E-state index contributed by atoms with van der Waals surface area (Å²) in [4.78, 5) is 0. The van der Waals surface area contributed by atoms with Crippen LogP contribution < -0.4 is 0 Å². The first-order valence-corrected chi connectivity index (χ1v) is 5.34. The van der Waals surface area contributed by atoms with E-state index in [-0.39, 0.29) is 14.7 Å². The van der Waals surface area contributed by atoms with Crippen LogP contribution in [-0.2, 0) is 0 Å². The van der Waals surface area contributed by atoms with Gasteiger partial charge < -0.3 is 0 Å². The van der Waals surface area contributed by atoms with Gasteiger partial charge in [0.05, 0.1) is 0 Å². The first-order chi connectivity index (χ1) is 5.88. The number of hydrogen-bond donors (Lipinski definition) is 0. The third-order valence-electron chi connectivity index (χ3n) is 1.70. The molecule has 0 radical (unpaired) electrons. The summed E-state index contributed by atoms with van der Waals surface area (Å²) >= 11 is 0.241. The van der Waals surface area contributed by atoms with E-state index in [4.69, 9.17) is 0 Å². The fourth-order valence-corrected chi connectivity index (χ4v) is 2.12. The van der Waals surface area contributed by atoms with Crippen molar-refractivity contribution in [3.8, 4) is 11.3 Å². The van der Waals surface area contributed by atoms with E-state index in [0.29, 0.717) is 0 Å². The number of aromatic nitrogens is 2. The Bertz CT molecular complexity index is 367. The number of aryl methyl sites for hydroxylation is 1. The molecular formula is C9H8N2Se. The van der Waals surface area contributed by atoms with Gasteiger partial charge in [0.1, 0.15) is 0 Å². The van der Waals surface area contributed by atoms with Crippen LogP contribution in [0.25, 0.3) is 11.3 Å². The summed E-state index contributed by atoms with van der Waals surface area (Å²) in [6.45, 7) is 2.10. The predicted octanol–water partition coefficient (Wildman–Crippen LogP) is 1.51. The van der Waals surface area contributed by atoms with E-state index >= 15 is 0 Å². The molecule has 0 aliphatic carbocycles. The molecule has 0 bridgehead atoms. The summed E-state index contributed by atoms with van der Waals surface area (Å²) in [5.41, 5.74) is 2.24. The first kappa shape index (κ1) is 7.71. The van der Waals surface area contributed by atoms with E-state index < -0.39 is 0 Å². The summed E-state index contributed by atoms with van der Waals surface area (Å²) in [7, 11) is 0. The van der Waals surface area contributed by atoms with Gasteiger partial charge in [-0.05, 0) is 0 Å². The average Bonchev–Trinajstić information content (AvgIpc) is 2.53. The molecule has 2 nitrogen and oxygen atoms in total. The third kappa shape index (κ3) is 1.33. The van der Waals surface area contributed by atoms with Crippen LogP contribution in [0.15, 0.2) is 30.3 Å². The maximum atomic E-state index is 4.12. The van der Waals surface area contributed by atoms with E-state index in [9.17, 15) is 0 Å². The van der Waals surface area contributed by atoms with Crippen molar-refractivity contribution in [3.05, 3.63) is 34.8 Å². The SMILES string of the molecule is Cc1[se]nnc1-c1ccccc1. The predicted molar refractivity (Wildman–Crippen MR) is 49.1 cm³/mol. The quantitative estimate of drug-likeness (QED) is 0.685. The molecule has 12 heavy (non-hydrogen) atoms. The number of rotatable bonds is 1. The molecular weight excluding hydrogens is 215 g/mol. The summed E-state index contributed by atoms with van der Waals surface area (Å²) in [6.07, 6.45) is 0. The Morgan fingerprint density at radius 2 is 1.92 bits per heavy atom. The molecule has 0 aliphatic rings. The Morgan fingerprint density at radius 3 is 2.50 bits per heavy atom. The Labute approximate surface area is 77.2 Å². The second-order valence-electron chi connectivity index (χ2n) is 2.54. The summed E-state index contributed by atoms with van der Waals surface area (Å²) in [5.74, 6) is 0. The number of hydrogen-bond acceptors (Lipinski definition) is 2. The normalized spacial score (nSPS) is 10.1. The maximum absolute atomic E-state index is 4.12. The molecule has 1 aromatic heterocycles. The second-order valence-corrected chi connectivity index (χ2v) is 4.55. The van der Waals surface area contributed by atoms with Crippen LogP contribution in [0.2, 0.25) is 0 Å². The molecule has 3 heteroatoms. The summed E-state index contributed by atoms with van der Waals surface area (Å²) in [5, 5.41) is 4.12. The van der Waals surface area contributed by atoms with Crippen molar-refractivity contribution in [2.75, 3.05) is 0 Å². The minimum atomic E-state index is 0.241. The summed E-state index contributed by atoms with van der Waals surface area (Å²) < 4.78 is 5.35. The fourth-order valence-electron chi connectivity index (χ4n) is 1.09. The molecule has 1 heterocycles. The molecule has 0 spiro atoms. The minimum absolute atomic E-state index is 0.241. The molecule has 60 valence electrons. The van der Waals surface area contributed by atoms with E-state index in [2.05, 4.69) is 28.2 Å². The second kappa shape index (κ2) is 3.21. The number of nitrogens with zero attached hydrogens (tertiary/aromatic N) is 2. The Kier molecular flexibility index (Phi) is 2.07. The van der Waals surface area contributed by atoms with Crippen LogP contribution in [0.1, 0.15) is 4.44 Å². The molecule has 0 fully saturated rings. The zero-order valence-electron chi connectivity index (χ0n) is 6.69. The van der Waals surface area contributed by atoms with Crippen molar-refractivity contribution in [1.82, 2.24) is 9.19 Å². The van der Waals surface area contributed by atoms with Crippen LogP contribution in [0.3, 0.4) is 0 Å². The van der Waals surface area contributed by atoms with Gasteiger partial charge >= 0.3 is 76.9 Å². The van der Waals surface area contributed by atoms with Gasteiger partial charge in [-0.3, -0.25) is 0 Å². The first-order valence-electron chi connectivity index (χ1n) is 3.72. The molecule has 0 saturated heterocycles. The van der Waals surface area contributed by atoms with Crippen LogP contribution >= 0.6 is 0 Å². The van der Waals surface area contributed by atoms with Gasteiger partial charge in [-0.15, -0.1) is 0 Å². The van der Waals surface area contributed by atoms with Crippen molar-refractivity contribution in [2.45, 2.75) is 6.92 Å². The van der Waals surface area contributed by atoms with Crippen molar-refractivity contribution in [2.24, 2.45) is 0 Å². The average molecular weight is 223 g/mol. The van der Waals surface area contributed by atoms with Gasteiger partial charge in [0.25, 0.3) is 0 Å². The fraction of sp³-hybridized carbons (Fsp3) is 0.111. The molecule has 0 unspecified atom stereocenters. The van der Waals surface area contributed by atoms with Crippen molar-refractivity contribution >= 4 is 14.7 Å². The van der Waals surface area contributed by atoms with Crippen LogP contribution in [0.4, 0.5) is 0 Å². The Balaban J connectivity index is 2.51. The van der Waals surface area contributed by atoms with Crippen molar-refractivity contribution in [1.29, 1.82) is 0 Å². The van der Waals surface area contributed by atoms with Crippen LogP contribution in [-0.4, -0.2) is 23.9 Å². The Morgan fingerprint density at radius 1 is 1.17 bits per heavy atom. The van der Waals surface area contributed by atoms with Gasteiger partial charge in [0.15, 0.2) is 0 Å². The van der Waals surface area contributed by atoms with E-state index in [1.165, 1.54) is 10.0 Å². The molecule has 2 aromatic rings. The van der Waals surface area contributed by atoms with Gasteiger partial charge in [-0.2, -0.15) is 0 Å². The Hall–Kier alpha value is -0.921. The molecule has 0 atom stereocenters. The molecule has 0 saturated carbocycles. The van der Waals surface area contributed by atoms with Gasteiger partial charge in [-0.1, -0.05) is 0 Å². The standard InChI is InChI=1S/C9H8N2Se/c1-7-9(10-11-12-7)8-5-3-2-4-6-8/h2-6H,1H3. The van der Waals surface area contributed by atoms with Gasteiger partial charge in [-0.25, -0.2) is 0 Å². The van der Waals surface area contributed by atoms with Gasteiger partial charge in [0.2, 0.25) is 0 Å². The van der Waals surface area contributed by atoms with Gasteiger partial charge in [0, 0.05) is 0 Å². The van der Waals surface area contributed by atoms with Crippen LogP contribution in [0, 0.1) is 6.92 Å². The van der Waals surface area contributed by atoms with Crippen molar-refractivity contribution in [3.63, 3.8) is 0 Å². The molecule has 0 N–H and O–H groups in total. The molecule has 1 aromatic carbocycles. The third-order valence-corrected chi connectivity index (χ3v) is 3.02. The number of benzene rings is 1. The molecule has 2 rings (SSSR count). The van der Waals surface area contributed by atoms with Crippen LogP contribution in [0.5, 0.6) is 0 Å². The van der Waals surface area contributed by atoms with E-state index in [1.54, 1.807) is 0 Å². The zero-order chi connectivity index (χ0) is 8.39. The zero-order valence-corrected chi connectivity index (χ0v) is 8.40. The molecule has 0 aliphatic heterocycles. The monoisotopic (exact) mass is 224 g/mol. The van der Waals surface area contributed by atoms with Crippen molar-refractivity contribution < 1.29 is 0 Å².